The SMILES string of the molecule is O=CCCCC=NNc1ccccc1. The number of carbonyl (C=O) groups excluding carboxylic acids is 1. The van der Waals surface area contributed by atoms with Crippen LogP contribution in [-0.2, 0) is 4.79 Å². The smallest absolute Gasteiger partial charge is 0.120 e. The highest BCUT2D eigenvalue weighted by Crippen LogP contribution is 2.03. The minimum atomic E-state index is 0.608. The van der Waals surface area contributed by atoms with Gasteiger partial charge in [-0.15, -0.1) is 0 Å². The van der Waals surface area contributed by atoms with Crippen molar-refractivity contribution in [3.8, 4) is 0 Å². The monoisotopic (exact) mass is 190 g/mol. The Morgan fingerprint density at radius 3 is 2.71 bits per heavy atom. The van der Waals surface area contributed by atoms with Crippen LogP contribution in [0.25, 0.3) is 0 Å². The number of aldehydes is 1. The molecule has 0 aliphatic rings. The lowest BCUT2D eigenvalue weighted by molar-refractivity contribution is -0.107. The van der Waals surface area contributed by atoms with Crippen molar-refractivity contribution in [2.75, 3.05) is 5.43 Å². The van der Waals surface area contributed by atoms with E-state index < -0.39 is 0 Å². The van der Waals surface area contributed by atoms with Gasteiger partial charge in [-0.3, -0.25) is 5.43 Å². The molecule has 0 radical (unpaired) electrons. The topological polar surface area (TPSA) is 41.5 Å². The number of para-hydroxylation sites is 1. The van der Waals surface area contributed by atoms with Gasteiger partial charge in [-0.25, -0.2) is 0 Å². The molecule has 0 spiro atoms. The van der Waals surface area contributed by atoms with Crippen molar-refractivity contribution in [2.45, 2.75) is 19.3 Å². The number of hydrogen-bond acceptors (Lipinski definition) is 3. The summed E-state index contributed by atoms with van der Waals surface area (Å²) in [5, 5.41) is 4.02. The molecule has 0 aromatic heterocycles. The molecule has 0 bridgehead atoms. The van der Waals surface area contributed by atoms with Crippen LogP contribution in [0.3, 0.4) is 0 Å². The Balaban J connectivity index is 2.17. The van der Waals surface area contributed by atoms with Crippen molar-refractivity contribution >= 4 is 18.2 Å². The van der Waals surface area contributed by atoms with Crippen molar-refractivity contribution in [1.82, 2.24) is 0 Å². The molecule has 0 atom stereocenters. The molecular formula is C11H14N2O. The molecular weight excluding hydrogens is 176 g/mol. The van der Waals surface area contributed by atoms with Crippen molar-refractivity contribution in [3.05, 3.63) is 30.3 Å². The first-order chi connectivity index (χ1) is 6.93. The van der Waals surface area contributed by atoms with E-state index in [2.05, 4.69) is 10.5 Å². The number of hydrogen-bond donors (Lipinski definition) is 1. The molecule has 1 aromatic carbocycles. The standard InChI is InChI=1S/C11H14N2O/c14-10-6-2-5-9-12-13-11-7-3-1-4-8-11/h1,3-4,7-10,13H,2,5-6H2. The maximum absolute atomic E-state index is 10.00. The fourth-order valence-electron chi connectivity index (χ4n) is 0.990. The number of rotatable bonds is 6. The lowest BCUT2D eigenvalue weighted by Crippen LogP contribution is -1.88. The van der Waals surface area contributed by atoms with E-state index in [1.54, 1.807) is 6.21 Å². The largest absolute Gasteiger partial charge is 0.303 e. The van der Waals surface area contributed by atoms with Crippen LogP contribution in [-0.4, -0.2) is 12.5 Å². The second-order valence-electron chi connectivity index (χ2n) is 2.89. The minimum absolute atomic E-state index is 0.608. The van der Waals surface area contributed by atoms with Crippen LogP contribution in [0.5, 0.6) is 0 Å². The van der Waals surface area contributed by atoms with Crippen LogP contribution in [0, 0.1) is 0 Å². The molecule has 1 rings (SSSR count). The molecule has 1 N–H and O–H groups in total. The number of benzene rings is 1. The molecule has 0 aliphatic heterocycles. The average Bonchev–Trinajstić information content (AvgIpc) is 2.25. The Morgan fingerprint density at radius 1 is 1.21 bits per heavy atom. The van der Waals surface area contributed by atoms with E-state index in [0.717, 1.165) is 24.8 Å². The molecule has 1 aromatic rings. The van der Waals surface area contributed by atoms with Crippen LogP contribution in [0.1, 0.15) is 19.3 Å². The second-order valence-corrected chi connectivity index (χ2v) is 2.89. The van der Waals surface area contributed by atoms with Gasteiger partial charge in [0.25, 0.3) is 0 Å². The zero-order valence-corrected chi connectivity index (χ0v) is 8.02. The molecule has 74 valence electrons. The fraction of sp³-hybridized carbons (Fsp3) is 0.273. The van der Waals surface area contributed by atoms with Crippen LogP contribution in [0.15, 0.2) is 35.4 Å². The molecule has 0 fully saturated rings. The number of nitrogens with zero attached hydrogens (tertiary/aromatic N) is 1. The van der Waals surface area contributed by atoms with Gasteiger partial charge >= 0.3 is 0 Å². The fourth-order valence-corrected chi connectivity index (χ4v) is 0.990. The van der Waals surface area contributed by atoms with Gasteiger partial charge in [-0.2, -0.15) is 5.10 Å². The van der Waals surface area contributed by atoms with Crippen LogP contribution >= 0.6 is 0 Å². The zero-order chi connectivity index (χ0) is 10.1. The highest BCUT2D eigenvalue weighted by Gasteiger charge is 1.84. The summed E-state index contributed by atoms with van der Waals surface area (Å²) in [4.78, 5) is 10.00. The van der Waals surface area contributed by atoms with Gasteiger partial charge in [0.05, 0.1) is 5.69 Å². The van der Waals surface area contributed by atoms with Crippen LogP contribution in [0.2, 0.25) is 0 Å². The summed E-state index contributed by atoms with van der Waals surface area (Å²) < 4.78 is 0. The molecule has 14 heavy (non-hydrogen) atoms. The van der Waals surface area contributed by atoms with E-state index in [0.29, 0.717) is 6.42 Å². The summed E-state index contributed by atoms with van der Waals surface area (Å²) in [6, 6.07) is 9.75. The molecule has 3 heteroatoms. The maximum Gasteiger partial charge on any atom is 0.120 e. The Morgan fingerprint density at radius 2 is 2.00 bits per heavy atom. The summed E-state index contributed by atoms with van der Waals surface area (Å²) in [6.45, 7) is 0. The highest BCUT2D eigenvalue weighted by molar-refractivity contribution is 5.60. The van der Waals surface area contributed by atoms with E-state index >= 15 is 0 Å². The van der Waals surface area contributed by atoms with E-state index in [1.165, 1.54) is 0 Å². The third-order valence-electron chi connectivity index (χ3n) is 1.71. The number of anilines is 1. The number of carbonyl (C=O) groups is 1. The van der Waals surface area contributed by atoms with E-state index in [9.17, 15) is 4.79 Å². The summed E-state index contributed by atoms with van der Waals surface area (Å²) in [6.07, 6.45) is 5.02. The van der Waals surface area contributed by atoms with E-state index in [4.69, 9.17) is 0 Å². The number of hydrazone groups is 1. The normalized spacial score (nSPS) is 10.3. The summed E-state index contributed by atoms with van der Waals surface area (Å²) in [5.74, 6) is 0. The van der Waals surface area contributed by atoms with Gasteiger partial charge in [0.2, 0.25) is 0 Å². The molecule has 0 amide bonds. The first kappa shape index (κ1) is 10.4. The average molecular weight is 190 g/mol. The highest BCUT2D eigenvalue weighted by atomic mass is 16.1. The predicted octanol–water partition coefficient (Wildman–Crippen LogP) is 2.45. The van der Waals surface area contributed by atoms with E-state index in [-0.39, 0.29) is 0 Å². The summed E-state index contributed by atoms with van der Waals surface area (Å²) in [7, 11) is 0. The second kappa shape index (κ2) is 6.83. The molecule has 0 saturated carbocycles. The number of nitrogens with one attached hydrogen (secondary N) is 1. The third kappa shape index (κ3) is 4.40. The van der Waals surface area contributed by atoms with Crippen LogP contribution in [0.4, 0.5) is 5.69 Å². The Hall–Kier alpha value is -1.64. The Kier molecular flexibility index (Phi) is 5.09. The maximum atomic E-state index is 10.00. The zero-order valence-electron chi connectivity index (χ0n) is 8.02. The lowest BCUT2D eigenvalue weighted by atomic mass is 10.3. The quantitative estimate of drug-likeness (QED) is 0.324. The third-order valence-corrected chi connectivity index (χ3v) is 1.71. The molecule has 0 saturated heterocycles. The van der Waals surface area contributed by atoms with Crippen molar-refractivity contribution < 1.29 is 4.79 Å². The minimum Gasteiger partial charge on any atom is -0.303 e. The molecule has 0 aliphatic carbocycles. The van der Waals surface area contributed by atoms with Gasteiger partial charge < -0.3 is 4.79 Å². The first-order valence-electron chi connectivity index (χ1n) is 4.69. The Labute approximate surface area is 83.8 Å². The molecule has 0 unspecified atom stereocenters. The lowest BCUT2D eigenvalue weighted by Gasteiger charge is -1.97. The molecule has 3 nitrogen and oxygen atoms in total. The van der Waals surface area contributed by atoms with Gasteiger partial charge in [0, 0.05) is 12.6 Å². The van der Waals surface area contributed by atoms with Gasteiger partial charge in [-0.05, 0) is 25.0 Å². The molecule has 0 heterocycles. The van der Waals surface area contributed by atoms with Crippen molar-refractivity contribution in [3.63, 3.8) is 0 Å². The number of unbranched alkanes of at least 4 members (excludes halogenated alkanes) is 2. The Bertz CT molecular complexity index is 283. The van der Waals surface area contributed by atoms with Gasteiger partial charge in [0.15, 0.2) is 0 Å². The van der Waals surface area contributed by atoms with Gasteiger partial charge in [-0.1, -0.05) is 18.2 Å². The first-order valence-corrected chi connectivity index (χ1v) is 4.69. The van der Waals surface area contributed by atoms with Gasteiger partial charge in [0.1, 0.15) is 6.29 Å². The predicted molar refractivity (Wildman–Crippen MR) is 58.5 cm³/mol. The summed E-state index contributed by atoms with van der Waals surface area (Å²) in [5.41, 5.74) is 3.87. The summed E-state index contributed by atoms with van der Waals surface area (Å²) >= 11 is 0. The van der Waals surface area contributed by atoms with Crippen molar-refractivity contribution in [2.24, 2.45) is 5.10 Å². The van der Waals surface area contributed by atoms with Crippen LogP contribution < -0.4 is 5.43 Å². The van der Waals surface area contributed by atoms with E-state index in [1.807, 2.05) is 30.3 Å². The van der Waals surface area contributed by atoms with Crippen molar-refractivity contribution in [1.29, 1.82) is 0 Å².